The molecule has 0 fully saturated rings. The average molecular weight is 361 g/mol. The van der Waals surface area contributed by atoms with E-state index in [1.807, 2.05) is 51.1 Å². The van der Waals surface area contributed by atoms with Crippen LogP contribution in [-0.4, -0.2) is 28.2 Å². The number of hydrogen-bond donors (Lipinski definition) is 1. The fraction of sp³-hybridized carbons (Fsp3) is 0.278. The number of ether oxygens (including phenoxy) is 2. The number of nitrogens with one attached hydrogen (secondary N) is 1. The van der Waals surface area contributed by atoms with Gasteiger partial charge in [0.15, 0.2) is 5.65 Å². The molecule has 0 amide bonds. The monoisotopic (exact) mass is 360 g/mol. The molecule has 0 saturated heterocycles. The number of aromatic nitrogens is 3. The zero-order valence-electron chi connectivity index (χ0n) is 14.4. The van der Waals surface area contributed by atoms with E-state index >= 15 is 0 Å². The van der Waals surface area contributed by atoms with Crippen LogP contribution in [0.15, 0.2) is 36.5 Å². The molecule has 3 rings (SSSR count). The lowest BCUT2D eigenvalue weighted by molar-refractivity contribution is 0.327. The predicted octanol–water partition coefficient (Wildman–Crippen LogP) is 4.30. The maximum absolute atomic E-state index is 5.65. The van der Waals surface area contributed by atoms with Gasteiger partial charge in [0, 0.05) is 17.6 Å². The summed E-state index contributed by atoms with van der Waals surface area (Å²) in [6.45, 7) is 6.97. The van der Waals surface area contributed by atoms with Gasteiger partial charge in [0.25, 0.3) is 0 Å². The normalized spacial score (nSPS) is 10.2. The summed E-state index contributed by atoms with van der Waals surface area (Å²) >= 11 is 0. The minimum atomic E-state index is 0. The highest BCUT2D eigenvalue weighted by atomic mass is 35.5. The Morgan fingerprint density at radius 2 is 1.84 bits per heavy atom. The van der Waals surface area contributed by atoms with Crippen molar-refractivity contribution in [2.45, 2.75) is 20.8 Å². The number of fused-ring (bicyclic) bond motifs is 1. The first-order valence-electron chi connectivity index (χ1n) is 7.97. The Bertz CT molecular complexity index is 858. The first kappa shape index (κ1) is 18.7. The van der Waals surface area contributed by atoms with Gasteiger partial charge >= 0.3 is 0 Å². The van der Waals surface area contributed by atoms with Crippen LogP contribution >= 0.6 is 12.4 Å². The molecule has 3 heterocycles. The Labute approximate surface area is 153 Å². The SMILES string of the molecule is CCOc1cccc(Nc2ccnc3nc(C)c(OCC)cc23)n1.Cl. The smallest absolute Gasteiger partial charge is 0.215 e. The second-order valence-electron chi connectivity index (χ2n) is 5.15. The van der Waals surface area contributed by atoms with E-state index in [0.29, 0.717) is 30.6 Å². The second kappa shape index (κ2) is 8.48. The van der Waals surface area contributed by atoms with E-state index in [0.717, 1.165) is 22.5 Å². The number of hydrogen-bond acceptors (Lipinski definition) is 6. The lowest BCUT2D eigenvalue weighted by atomic mass is 10.2. The highest BCUT2D eigenvalue weighted by Crippen LogP contribution is 2.29. The van der Waals surface area contributed by atoms with Gasteiger partial charge in [-0.05, 0) is 39.0 Å². The summed E-state index contributed by atoms with van der Waals surface area (Å²) in [5, 5.41) is 4.19. The van der Waals surface area contributed by atoms with E-state index in [-0.39, 0.29) is 12.4 Å². The van der Waals surface area contributed by atoms with Gasteiger partial charge in [0.2, 0.25) is 5.88 Å². The fourth-order valence-corrected chi connectivity index (χ4v) is 2.40. The van der Waals surface area contributed by atoms with Crippen LogP contribution < -0.4 is 14.8 Å². The van der Waals surface area contributed by atoms with Gasteiger partial charge in [-0.3, -0.25) is 0 Å². The Morgan fingerprint density at radius 1 is 1.04 bits per heavy atom. The van der Waals surface area contributed by atoms with Crippen molar-refractivity contribution in [3.05, 3.63) is 42.2 Å². The molecule has 1 N–H and O–H groups in total. The minimum absolute atomic E-state index is 0. The molecule has 0 aliphatic heterocycles. The summed E-state index contributed by atoms with van der Waals surface area (Å²) < 4.78 is 11.1. The molecule has 0 spiro atoms. The summed E-state index contributed by atoms with van der Waals surface area (Å²) in [4.78, 5) is 13.3. The standard InChI is InChI=1S/C18H20N4O2.ClH/c1-4-23-15-11-13-14(9-10-19-18(13)20-12(15)3)21-16-7-6-8-17(22-16)24-5-2;/h6-11H,4-5H2,1-3H3,(H,19,20,21,22);1H. The summed E-state index contributed by atoms with van der Waals surface area (Å²) in [6, 6.07) is 9.47. The van der Waals surface area contributed by atoms with Crippen LogP contribution in [-0.2, 0) is 0 Å². The van der Waals surface area contributed by atoms with Crippen molar-refractivity contribution in [2.75, 3.05) is 18.5 Å². The maximum atomic E-state index is 5.65. The van der Waals surface area contributed by atoms with Crippen LogP contribution in [0.4, 0.5) is 11.5 Å². The van der Waals surface area contributed by atoms with Gasteiger partial charge in [0.05, 0.1) is 24.6 Å². The van der Waals surface area contributed by atoms with E-state index in [1.165, 1.54) is 0 Å². The summed E-state index contributed by atoms with van der Waals surface area (Å²) in [5.74, 6) is 2.05. The molecule has 0 unspecified atom stereocenters. The molecule has 6 nitrogen and oxygen atoms in total. The molecule has 0 bridgehead atoms. The van der Waals surface area contributed by atoms with Crippen molar-refractivity contribution in [2.24, 2.45) is 0 Å². The van der Waals surface area contributed by atoms with E-state index in [1.54, 1.807) is 6.20 Å². The summed E-state index contributed by atoms with van der Waals surface area (Å²) in [7, 11) is 0. The first-order chi connectivity index (χ1) is 11.7. The van der Waals surface area contributed by atoms with Crippen LogP contribution in [0.25, 0.3) is 11.0 Å². The predicted molar refractivity (Wildman–Crippen MR) is 101 cm³/mol. The molecule has 7 heteroatoms. The molecular weight excluding hydrogens is 340 g/mol. The Morgan fingerprint density at radius 3 is 2.60 bits per heavy atom. The average Bonchev–Trinajstić information content (AvgIpc) is 2.57. The first-order valence-corrected chi connectivity index (χ1v) is 7.97. The lowest BCUT2D eigenvalue weighted by Crippen LogP contribution is -2.01. The lowest BCUT2D eigenvalue weighted by Gasteiger charge is -2.12. The number of nitrogens with zero attached hydrogens (tertiary/aromatic N) is 3. The summed E-state index contributed by atoms with van der Waals surface area (Å²) in [6.07, 6.45) is 1.73. The van der Waals surface area contributed by atoms with Crippen LogP contribution in [0, 0.1) is 6.92 Å². The quantitative estimate of drug-likeness (QED) is 0.707. The van der Waals surface area contributed by atoms with Gasteiger partial charge in [-0.1, -0.05) is 6.07 Å². The van der Waals surface area contributed by atoms with Crippen molar-refractivity contribution >= 4 is 34.9 Å². The van der Waals surface area contributed by atoms with Crippen LogP contribution in [0.5, 0.6) is 11.6 Å². The van der Waals surface area contributed by atoms with Crippen molar-refractivity contribution in [3.8, 4) is 11.6 Å². The number of pyridine rings is 3. The molecule has 0 saturated carbocycles. The third-order valence-electron chi connectivity index (χ3n) is 3.45. The zero-order chi connectivity index (χ0) is 16.9. The van der Waals surface area contributed by atoms with Gasteiger partial charge in [-0.15, -0.1) is 12.4 Å². The Balaban J connectivity index is 0.00000225. The van der Waals surface area contributed by atoms with Crippen LogP contribution in [0.3, 0.4) is 0 Å². The molecule has 0 radical (unpaired) electrons. The number of aryl methyl sites for hydroxylation is 1. The van der Waals surface area contributed by atoms with E-state index in [2.05, 4.69) is 20.3 Å². The molecule has 0 aromatic carbocycles. The molecule has 25 heavy (non-hydrogen) atoms. The van der Waals surface area contributed by atoms with Gasteiger partial charge in [-0.2, -0.15) is 4.98 Å². The molecule has 3 aromatic rings. The molecule has 3 aromatic heterocycles. The number of anilines is 2. The topological polar surface area (TPSA) is 69.2 Å². The second-order valence-corrected chi connectivity index (χ2v) is 5.15. The van der Waals surface area contributed by atoms with E-state index in [9.17, 15) is 0 Å². The van der Waals surface area contributed by atoms with E-state index < -0.39 is 0 Å². The van der Waals surface area contributed by atoms with Crippen molar-refractivity contribution in [1.29, 1.82) is 0 Å². The maximum Gasteiger partial charge on any atom is 0.215 e. The number of halogens is 1. The Kier molecular flexibility index (Phi) is 6.36. The third-order valence-corrected chi connectivity index (χ3v) is 3.45. The minimum Gasteiger partial charge on any atom is -0.492 e. The highest BCUT2D eigenvalue weighted by molar-refractivity contribution is 5.91. The highest BCUT2D eigenvalue weighted by Gasteiger charge is 2.09. The zero-order valence-corrected chi connectivity index (χ0v) is 15.3. The van der Waals surface area contributed by atoms with Crippen molar-refractivity contribution < 1.29 is 9.47 Å². The molecule has 0 atom stereocenters. The molecule has 132 valence electrons. The Hall–Kier alpha value is -2.60. The van der Waals surface area contributed by atoms with Gasteiger partial charge < -0.3 is 14.8 Å². The number of rotatable bonds is 6. The van der Waals surface area contributed by atoms with Crippen LogP contribution in [0.2, 0.25) is 0 Å². The molecule has 0 aliphatic rings. The fourth-order valence-electron chi connectivity index (χ4n) is 2.40. The largest absolute Gasteiger partial charge is 0.492 e. The van der Waals surface area contributed by atoms with Crippen molar-refractivity contribution in [1.82, 2.24) is 15.0 Å². The van der Waals surface area contributed by atoms with Crippen LogP contribution in [0.1, 0.15) is 19.5 Å². The molecular formula is C18H21ClN4O2. The molecule has 0 aliphatic carbocycles. The van der Waals surface area contributed by atoms with E-state index in [4.69, 9.17) is 9.47 Å². The third kappa shape index (κ3) is 4.28. The van der Waals surface area contributed by atoms with Crippen molar-refractivity contribution in [3.63, 3.8) is 0 Å². The summed E-state index contributed by atoms with van der Waals surface area (Å²) in [5.41, 5.74) is 2.36. The van der Waals surface area contributed by atoms with Gasteiger partial charge in [-0.25, -0.2) is 9.97 Å². The van der Waals surface area contributed by atoms with Gasteiger partial charge in [0.1, 0.15) is 11.6 Å².